The van der Waals surface area contributed by atoms with Crippen molar-refractivity contribution in [2.75, 3.05) is 13.1 Å². The Labute approximate surface area is 109 Å². The Kier molecular flexibility index (Phi) is 5.96. The molecule has 2 nitrogen and oxygen atoms in total. The molecular formula is C14H22ClNO. The molecule has 0 spiro atoms. The zero-order chi connectivity index (χ0) is 12.7. The first kappa shape index (κ1) is 14.5. The zero-order valence-corrected chi connectivity index (χ0v) is 11.7. The second-order valence-corrected chi connectivity index (χ2v) is 5.29. The van der Waals surface area contributed by atoms with E-state index in [4.69, 9.17) is 16.3 Å². The third-order valence-corrected chi connectivity index (χ3v) is 2.77. The molecule has 96 valence electrons. The average Bonchev–Trinajstić information content (AvgIpc) is 2.29. The van der Waals surface area contributed by atoms with Crippen LogP contribution in [-0.2, 0) is 11.3 Å². The summed E-state index contributed by atoms with van der Waals surface area (Å²) in [6.07, 6.45) is 1.15. The van der Waals surface area contributed by atoms with Gasteiger partial charge in [-0.25, -0.2) is 0 Å². The average molecular weight is 256 g/mol. The lowest BCUT2D eigenvalue weighted by atomic mass is 10.1. The molecule has 3 heteroatoms. The van der Waals surface area contributed by atoms with E-state index in [9.17, 15) is 0 Å². The maximum atomic E-state index is 5.90. The lowest BCUT2D eigenvalue weighted by Crippen LogP contribution is -2.37. The Hall–Kier alpha value is -0.570. The molecule has 1 N–H and O–H groups in total. The van der Waals surface area contributed by atoms with Gasteiger partial charge < -0.3 is 10.1 Å². The second kappa shape index (κ2) is 7.00. The highest BCUT2D eigenvalue weighted by Gasteiger charge is 2.17. The summed E-state index contributed by atoms with van der Waals surface area (Å²) in [4.78, 5) is 0. The van der Waals surface area contributed by atoms with Gasteiger partial charge >= 0.3 is 0 Å². The van der Waals surface area contributed by atoms with Gasteiger partial charge in [-0.15, -0.1) is 0 Å². The van der Waals surface area contributed by atoms with Gasteiger partial charge in [-0.1, -0.05) is 30.7 Å². The lowest BCUT2D eigenvalue weighted by molar-refractivity contribution is -0.0277. The van der Waals surface area contributed by atoms with Gasteiger partial charge in [0.1, 0.15) is 0 Å². The Morgan fingerprint density at radius 3 is 2.47 bits per heavy atom. The number of ether oxygens (including phenoxy) is 1. The molecule has 0 unspecified atom stereocenters. The first-order valence-corrected chi connectivity index (χ1v) is 6.50. The summed E-state index contributed by atoms with van der Waals surface area (Å²) in [5, 5.41) is 4.14. The van der Waals surface area contributed by atoms with E-state index in [-0.39, 0.29) is 5.60 Å². The van der Waals surface area contributed by atoms with Gasteiger partial charge in [-0.05, 0) is 44.5 Å². The molecule has 0 saturated carbocycles. The molecule has 1 aromatic rings. The minimum absolute atomic E-state index is 0.144. The van der Waals surface area contributed by atoms with E-state index in [0.717, 1.165) is 30.1 Å². The molecule has 0 amide bonds. The number of nitrogens with one attached hydrogen (secondary N) is 1. The first-order chi connectivity index (χ1) is 8.03. The smallest absolute Gasteiger partial charge is 0.0754 e. The van der Waals surface area contributed by atoms with Crippen molar-refractivity contribution in [2.24, 2.45) is 0 Å². The maximum Gasteiger partial charge on any atom is 0.0754 e. The van der Waals surface area contributed by atoms with Crippen molar-refractivity contribution < 1.29 is 4.74 Å². The third kappa shape index (κ3) is 6.06. The number of hydrogen-bond acceptors (Lipinski definition) is 2. The minimum Gasteiger partial charge on any atom is -0.370 e. The molecule has 0 bridgehead atoms. The predicted molar refractivity (Wildman–Crippen MR) is 73.5 cm³/mol. The zero-order valence-electron chi connectivity index (χ0n) is 10.9. The first-order valence-electron chi connectivity index (χ1n) is 6.12. The van der Waals surface area contributed by atoms with Crippen LogP contribution in [0.4, 0.5) is 0 Å². The summed E-state index contributed by atoms with van der Waals surface area (Å²) in [5.41, 5.74) is 1.01. The van der Waals surface area contributed by atoms with Gasteiger partial charge in [-0.3, -0.25) is 0 Å². The van der Waals surface area contributed by atoms with Gasteiger partial charge in [0.25, 0.3) is 0 Å². The predicted octanol–water partition coefficient (Wildman–Crippen LogP) is 3.63. The van der Waals surface area contributed by atoms with Crippen molar-refractivity contribution >= 4 is 11.6 Å². The van der Waals surface area contributed by atoms with Gasteiger partial charge in [-0.2, -0.15) is 0 Å². The van der Waals surface area contributed by atoms with E-state index in [1.165, 1.54) is 0 Å². The molecule has 0 saturated heterocycles. The van der Waals surface area contributed by atoms with Crippen molar-refractivity contribution in [1.29, 1.82) is 0 Å². The van der Waals surface area contributed by atoms with Gasteiger partial charge in [0.05, 0.1) is 12.2 Å². The van der Waals surface area contributed by atoms with E-state index >= 15 is 0 Å². The second-order valence-electron chi connectivity index (χ2n) is 4.85. The van der Waals surface area contributed by atoms with E-state index < -0.39 is 0 Å². The molecule has 0 aliphatic carbocycles. The van der Waals surface area contributed by atoms with Crippen LogP contribution in [0.2, 0.25) is 5.02 Å². The summed E-state index contributed by atoms with van der Waals surface area (Å²) >= 11 is 5.84. The van der Waals surface area contributed by atoms with Crippen LogP contribution in [-0.4, -0.2) is 18.7 Å². The van der Waals surface area contributed by atoms with Crippen molar-refractivity contribution in [1.82, 2.24) is 5.32 Å². The van der Waals surface area contributed by atoms with Crippen LogP contribution in [0.1, 0.15) is 32.8 Å². The van der Waals surface area contributed by atoms with Gasteiger partial charge in [0.2, 0.25) is 0 Å². The van der Waals surface area contributed by atoms with E-state index in [2.05, 4.69) is 26.1 Å². The Morgan fingerprint density at radius 1 is 1.24 bits per heavy atom. The number of hydrogen-bond donors (Lipinski definition) is 1. The van der Waals surface area contributed by atoms with Crippen molar-refractivity contribution in [3.05, 3.63) is 34.9 Å². The molecule has 0 radical (unpaired) electrons. The minimum atomic E-state index is -0.144. The normalized spacial score (nSPS) is 11.8. The fourth-order valence-electron chi connectivity index (χ4n) is 1.48. The molecule has 0 fully saturated rings. The summed E-state index contributed by atoms with van der Waals surface area (Å²) in [5.74, 6) is 0. The number of benzene rings is 1. The van der Waals surface area contributed by atoms with E-state index in [1.807, 2.05) is 24.3 Å². The Bertz CT molecular complexity index is 321. The van der Waals surface area contributed by atoms with Crippen LogP contribution in [0, 0.1) is 0 Å². The maximum absolute atomic E-state index is 5.90. The van der Waals surface area contributed by atoms with Gasteiger partial charge in [0.15, 0.2) is 0 Å². The molecule has 0 heterocycles. The molecule has 1 rings (SSSR count). The Balaban J connectivity index is 2.35. The van der Waals surface area contributed by atoms with Crippen LogP contribution >= 0.6 is 11.6 Å². The largest absolute Gasteiger partial charge is 0.370 e. The fourth-order valence-corrected chi connectivity index (χ4v) is 1.60. The summed E-state index contributed by atoms with van der Waals surface area (Å²) in [6, 6.07) is 7.78. The monoisotopic (exact) mass is 255 g/mol. The molecular weight excluding hydrogens is 234 g/mol. The lowest BCUT2D eigenvalue weighted by Gasteiger charge is -2.25. The molecule has 0 aliphatic heterocycles. The summed E-state index contributed by atoms with van der Waals surface area (Å²) in [6.45, 7) is 8.89. The summed E-state index contributed by atoms with van der Waals surface area (Å²) in [7, 11) is 0. The quantitative estimate of drug-likeness (QED) is 0.752. The van der Waals surface area contributed by atoms with Crippen LogP contribution in [0.15, 0.2) is 24.3 Å². The van der Waals surface area contributed by atoms with E-state index in [0.29, 0.717) is 6.61 Å². The van der Waals surface area contributed by atoms with Crippen molar-refractivity contribution in [3.63, 3.8) is 0 Å². The van der Waals surface area contributed by atoms with Gasteiger partial charge in [0, 0.05) is 11.6 Å². The fraction of sp³-hybridized carbons (Fsp3) is 0.571. The van der Waals surface area contributed by atoms with Crippen LogP contribution in [0.3, 0.4) is 0 Å². The highest BCUT2D eigenvalue weighted by molar-refractivity contribution is 6.30. The van der Waals surface area contributed by atoms with Crippen LogP contribution < -0.4 is 5.32 Å². The van der Waals surface area contributed by atoms with Crippen molar-refractivity contribution in [3.8, 4) is 0 Å². The molecule has 1 aromatic carbocycles. The van der Waals surface area contributed by atoms with Crippen LogP contribution in [0.5, 0.6) is 0 Å². The standard InChI is InChI=1S/C14H22ClNO/c1-4-9-16-11-14(2,3)17-10-12-5-7-13(15)8-6-12/h5-8,16H,4,9-11H2,1-3H3. The highest BCUT2D eigenvalue weighted by Crippen LogP contribution is 2.14. The highest BCUT2D eigenvalue weighted by atomic mass is 35.5. The van der Waals surface area contributed by atoms with Crippen molar-refractivity contribution in [2.45, 2.75) is 39.4 Å². The molecule has 0 aromatic heterocycles. The summed E-state index contributed by atoms with van der Waals surface area (Å²) < 4.78 is 5.90. The number of halogens is 1. The van der Waals surface area contributed by atoms with Crippen LogP contribution in [0.25, 0.3) is 0 Å². The molecule has 0 atom stereocenters. The SMILES string of the molecule is CCCNCC(C)(C)OCc1ccc(Cl)cc1. The molecule has 17 heavy (non-hydrogen) atoms. The third-order valence-electron chi connectivity index (χ3n) is 2.52. The molecule has 0 aliphatic rings. The van der Waals surface area contributed by atoms with E-state index in [1.54, 1.807) is 0 Å². The topological polar surface area (TPSA) is 21.3 Å². The number of rotatable bonds is 7. The Morgan fingerprint density at radius 2 is 1.88 bits per heavy atom.